The fourth-order valence-electron chi connectivity index (χ4n) is 5.71. The number of benzene rings is 5. The van der Waals surface area contributed by atoms with Crippen LogP contribution in [0.25, 0.3) is 22.0 Å². The van der Waals surface area contributed by atoms with Gasteiger partial charge in [-0.2, -0.15) is 17.5 Å². The second-order valence-electron chi connectivity index (χ2n) is 11.6. The Labute approximate surface area is 288 Å². The third-order valence-corrected chi connectivity index (χ3v) is 10.1. The Morgan fingerprint density at radius 1 is 0.700 bits per heavy atom. The number of rotatable bonds is 11. The van der Waals surface area contributed by atoms with Crippen LogP contribution in [0.5, 0.6) is 23.0 Å². The number of ether oxygens (including phenoxy) is 3. The lowest BCUT2D eigenvalue weighted by atomic mass is 9.95. The summed E-state index contributed by atoms with van der Waals surface area (Å²) in [7, 11) is -0.834. The second kappa shape index (κ2) is 14.2. The molecule has 0 aliphatic heterocycles. The second-order valence-corrected chi connectivity index (χ2v) is 13.5. The van der Waals surface area contributed by atoms with Gasteiger partial charge in [0.1, 0.15) is 23.0 Å². The maximum atomic E-state index is 14.0. The zero-order valence-electron chi connectivity index (χ0n) is 27.4. The van der Waals surface area contributed by atoms with Gasteiger partial charge in [-0.3, -0.25) is 4.98 Å². The van der Waals surface area contributed by atoms with E-state index in [9.17, 15) is 21.6 Å². The van der Waals surface area contributed by atoms with Crippen molar-refractivity contribution in [1.29, 1.82) is 0 Å². The number of sulfonamides is 1. The summed E-state index contributed by atoms with van der Waals surface area (Å²) in [4.78, 5) is 4.19. The van der Waals surface area contributed by atoms with Gasteiger partial charge >= 0.3 is 6.18 Å². The van der Waals surface area contributed by atoms with Gasteiger partial charge in [0.25, 0.3) is 0 Å². The SMILES string of the molecule is COc1ccc(CN(Cc2ccc(OC)cc2)S(=O)(=O)c2ccc(Oc3cccc(-c4c(C)cnc5c(C(F)(F)F)cccc45)c3)cc2)cc1. The number of methoxy groups -OCH3 is 2. The van der Waals surface area contributed by atoms with Crippen LogP contribution in [0.2, 0.25) is 0 Å². The summed E-state index contributed by atoms with van der Waals surface area (Å²) < 4.78 is 87.3. The molecule has 0 saturated carbocycles. The molecular formula is C39H33F3N2O5S. The van der Waals surface area contributed by atoms with Gasteiger partial charge in [0, 0.05) is 24.7 Å². The number of aryl methyl sites for hydroxylation is 1. The molecule has 0 saturated heterocycles. The molecule has 0 aliphatic rings. The van der Waals surface area contributed by atoms with Crippen molar-refractivity contribution in [2.24, 2.45) is 0 Å². The van der Waals surface area contributed by atoms with Crippen molar-refractivity contribution >= 4 is 20.9 Å². The first-order chi connectivity index (χ1) is 24.0. The van der Waals surface area contributed by atoms with Crippen molar-refractivity contribution < 1.29 is 35.8 Å². The third-order valence-electron chi connectivity index (χ3n) is 8.25. The number of hydrogen-bond acceptors (Lipinski definition) is 6. The quantitative estimate of drug-likeness (QED) is 0.134. The number of pyridine rings is 1. The van der Waals surface area contributed by atoms with Crippen LogP contribution in [-0.2, 0) is 29.3 Å². The molecule has 1 heterocycles. The number of para-hydroxylation sites is 1. The molecule has 7 nitrogen and oxygen atoms in total. The minimum Gasteiger partial charge on any atom is -0.497 e. The molecule has 0 amide bonds. The predicted molar refractivity (Wildman–Crippen MR) is 186 cm³/mol. The number of nitrogens with zero attached hydrogens (tertiary/aromatic N) is 2. The highest BCUT2D eigenvalue weighted by atomic mass is 32.2. The van der Waals surface area contributed by atoms with E-state index in [4.69, 9.17) is 14.2 Å². The monoisotopic (exact) mass is 698 g/mol. The molecular weight excluding hydrogens is 665 g/mol. The topological polar surface area (TPSA) is 78.0 Å². The fraction of sp³-hybridized carbons (Fsp3) is 0.154. The molecule has 1 aromatic heterocycles. The zero-order valence-corrected chi connectivity index (χ0v) is 28.3. The first-order valence-corrected chi connectivity index (χ1v) is 17.0. The third kappa shape index (κ3) is 7.44. The molecule has 50 heavy (non-hydrogen) atoms. The van der Waals surface area contributed by atoms with Crippen LogP contribution in [0.3, 0.4) is 0 Å². The van der Waals surface area contributed by atoms with Crippen LogP contribution >= 0.6 is 0 Å². The number of fused-ring (bicyclic) bond motifs is 1. The molecule has 11 heteroatoms. The first kappa shape index (κ1) is 34.5. The number of aromatic nitrogens is 1. The molecule has 0 radical (unpaired) electrons. The average molecular weight is 699 g/mol. The van der Waals surface area contributed by atoms with E-state index in [1.165, 1.54) is 28.7 Å². The highest BCUT2D eigenvalue weighted by molar-refractivity contribution is 7.89. The van der Waals surface area contributed by atoms with Gasteiger partial charge in [-0.25, -0.2) is 8.42 Å². The maximum Gasteiger partial charge on any atom is 0.418 e. The average Bonchev–Trinajstić information content (AvgIpc) is 3.11. The molecule has 5 aromatic carbocycles. The summed E-state index contributed by atoms with van der Waals surface area (Å²) in [6.45, 7) is 2.04. The largest absolute Gasteiger partial charge is 0.497 e. The van der Waals surface area contributed by atoms with Crippen molar-refractivity contribution in [2.45, 2.75) is 31.1 Å². The Kier molecular flexibility index (Phi) is 9.81. The predicted octanol–water partition coefficient (Wildman–Crippen LogP) is 9.43. The number of alkyl halides is 3. The molecule has 0 atom stereocenters. The Hall–Kier alpha value is -5.39. The van der Waals surface area contributed by atoms with Gasteiger partial charge in [-0.1, -0.05) is 48.5 Å². The standard InChI is InChI=1S/C39H33F3N2O5S/c1-26-23-43-38-35(8-5-9-36(38)39(40,41)42)37(26)29-6-4-7-33(22-29)49-32-18-20-34(21-19-32)50(45,46)44(24-27-10-14-30(47-2)15-11-27)25-28-12-16-31(48-3)17-13-28/h4-23H,24-25H2,1-3H3. The van der Waals surface area contributed by atoms with Crippen LogP contribution in [0.4, 0.5) is 13.2 Å². The van der Waals surface area contributed by atoms with Gasteiger partial charge in [-0.05, 0) is 101 Å². The minimum atomic E-state index is -4.55. The normalized spacial score (nSPS) is 11.9. The van der Waals surface area contributed by atoms with E-state index in [2.05, 4.69) is 4.98 Å². The molecule has 256 valence electrons. The van der Waals surface area contributed by atoms with E-state index in [0.29, 0.717) is 45.1 Å². The van der Waals surface area contributed by atoms with Crippen LogP contribution < -0.4 is 14.2 Å². The van der Waals surface area contributed by atoms with Crippen molar-refractivity contribution in [3.05, 3.63) is 144 Å². The lowest BCUT2D eigenvalue weighted by Crippen LogP contribution is -2.30. The highest BCUT2D eigenvalue weighted by Gasteiger charge is 2.33. The fourth-order valence-corrected chi connectivity index (χ4v) is 7.13. The van der Waals surface area contributed by atoms with Gasteiger partial charge in [0.05, 0.1) is 30.2 Å². The van der Waals surface area contributed by atoms with Gasteiger partial charge in [0.15, 0.2) is 0 Å². The smallest absolute Gasteiger partial charge is 0.418 e. The number of hydrogen-bond donors (Lipinski definition) is 0. The van der Waals surface area contributed by atoms with E-state index >= 15 is 0 Å². The maximum absolute atomic E-state index is 14.0. The molecule has 0 aliphatic carbocycles. The van der Waals surface area contributed by atoms with E-state index in [0.717, 1.165) is 17.2 Å². The zero-order chi connectivity index (χ0) is 35.5. The summed E-state index contributed by atoms with van der Waals surface area (Å²) >= 11 is 0. The molecule has 0 N–H and O–H groups in total. The van der Waals surface area contributed by atoms with Gasteiger partial charge in [-0.15, -0.1) is 0 Å². The van der Waals surface area contributed by atoms with E-state index in [1.807, 2.05) is 24.3 Å². The summed E-state index contributed by atoms with van der Waals surface area (Å²) in [6.07, 6.45) is -3.11. The van der Waals surface area contributed by atoms with Gasteiger partial charge < -0.3 is 14.2 Å². The highest BCUT2D eigenvalue weighted by Crippen LogP contribution is 2.39. The Morgan fingerprint density at radius 2 is 1.26 bits per heavy atom. The van der Waals surface area contributed by atoms with E-state index in [-0.39, 0.29) is 23.5 Å². The molecule has 0 spiro atoms. The Bertz CT molecular complexity index is 2170. The van der Waals surface area contributed by atoms with Crippen molar-refractivity contribution in [2.75, 3.05) is 14.2 Å². The Balaban J connectivity index is 1.27. The minimum absolute atomic E-state index is 0.0833. The van der Waals surface area contributed by atoms with Crippen molar-refractivity contribution in [1.82, 2.24) is 9.29 Å². The van der Waals surface area contributed by atoms with Crippen LogP contribution in [0.1, 0.15) is 22.3 Å². The Morgan fingerprint density at radius 3 is 1.82 bits per heavy atom. The summed E-state index contributed by atoms with van der Waals surface area (Å²) in [5.41, 5.74) is 2.61. The van der Waals surface area contributed by atoms with Crippen molar-refractivity contribution in [3.8, 4) is 34.1 Å². The molecule has 0 unspecified atom stereocenters. The van der Waals surface area contributed by atoms with E-state index < -0.39 is 21.8 Å². The van der Waals surface area contributed by atoms with Crippen molar-refractivity contribution in [3.63, 3.8) is 0 Å². The van der Waals surface area contributed by atoms with Crippen LogP contribution in [-0.4, -0.2) is 31.9 Å². The lowest BCUT2D eigenvalue weighted by Gasteiger charge is -2.23. The van der Waals surface area contributed by atoms with Gasteiger partial charge in [0.2, 0.25) is 10.0 Å². The summed E-state index contributed by atoms with van der Waals surface area (Å²) in [6, 6.07) is 31.6. The lowest BCUT2D eigenvalue weighted by molar-refractivity contribution is -0.136. The molecule has 0 fully saturated rings. The molecule has 6 aromatic rings. The summed E-state index contributed by atoms with van der Waals surface area (Å²) in [5, 5.41) is 0.375. The van der Waals surface area contributed by atoms with Crippen LogP contribution in [0, 0.1) is 6.92 Å². The molecule has 0 bridgehead atoms. The summed E-state index contributed by atoms with van der Waals surface area (Å²) in [5.74, 6) is 2.14. The van der Waals surface area contributed by atoms with E-state index in [1.54, 1.807) is 87.9 Å². The first-order valence-electron chi connectivity index (χ1n) is 15.6. The van der Waals surface area contributed by atoms with Crippen LogP contribution in [0.15, 0.2) is 126 Å². The number of halogens is 3. The molecule has 6 rings (SSSR count).